The Morgan fingerprint density at radius 2 is 1.97 bits per heavy atom. The van der Waals surface area contributed by atoms with Crippen molar-refractivity contribution < 1.29 is 9.34 Å². The first-order valence-corrected chi connectivity index (χ1v) is 9.99. The molecule has 0 fully saturated rings. The zero-order valence-electron chi connectivity index (χ0n) is 15.6. The largest absolute Gasteiger partial charge is 0.433 e. The van der Waals surface area contributed by atoms with Gasteiger partial charge in [-0.15, -0.1) is 10.2 Å². The molecular formula is C20H14ClN5O3S. The van der Waals surface area contributed by atoms with Crippen LogP contribution in [0.4, 0.5) is 5.88 Å². The molecular weight excluding hydrogens is 426 g/mol. The summed E-state index contributed by atoms with van der Waals surface area (Å²) in [4.78, 5) is 14.2. The Morgan fingerprint density at radius 1 is 1.17 bits per heavy atom. The van der Waals surface area contributed by atoms with Crippen molar-refractivity contribution in [2.24, 2.45) is 0 Å². The highest BCUT2D eigenvalue weighted by molar-refractivity contribution is 8.02. The van der Waals surface area contributed by atoms with E-state index >= 15 is 0 Å². The third kappa shape index (κ3) is 3.98. The molecule has 0 N–H and O–H groups in total. The third-order valence-electron chi connectivity index (χ3n) is 4.25. The Labute approximate surface area is 180 Å². The van der Waals surface area contributed by atoms with Crippen LogP contribution in [0.15, 0.2) is 69.8 Å². The molecule has 0 aliphatic heterocycles. The summed E-state index contributed by atoms with van der Waals surface area (Å²) in [5.41, 5.74) is 2.60. The molecule has 0 spiro atoms. The third-order valence-corrected chi connectivity index (χ3v) is 5.41. The van der Waals surface area contributed by atoms with Gasteiger partial charge in [-0.3, -0.25) is 19.7 Å². The molecule has 0 unspecified atom stereocenters. The topological polar surface area (TPSA) is 99.9 Å². The second-order valence-electron chi connectivity index (χ2n) is 6.12. The minimum absolute atomic E-state index is 0.308. The average molecular weight is 440 g/mol. The van der Waals surface area contributed by atoms with Gasteiger partial charge in [0.05, 0.1) is 11.8 Å². The number of pyridine rings is 1. The van der Waals surface area contributed by atoms with Crippen molar-refractivity contribution >= 4 is 35.3 Å². The number of hydrogen-bond acceptors (Lipinski definition) is 7. The molecule has 3 heterocycles. The highest BCUT2D eigenvalue weighted by atomic mass is 35.5. The maximum Gasteiger partial charge on any atom is 0.433 e. The van der Waals surface area contributed by atoms with E-state index in [-0.39, 0.29) is 5.88 Å². The van der Waals surface area contributed by atoms with Gasteiger partial charge in [-0.05, 0) is 54.3 Å². The van der Waals surface area contributed by atoms with Crippen molar-refractivity contribution in [1.82, 2.24) is 19.7 Å². The zero-order chi connectivity index (χ0) is 21.1. The monoisotopic (exact) mass is 439 g/mol. The second-order valence-corrected chi connectivity index (χ2v) is 7.40. The lowest BCUT2D eigenvalue weighted by molar-refractivity contribution is -0.402. The maximum absolute atomic E-state index is 10.8. The smallest absolute Gasteiger partial charge is 0.401 e. The number of nitrogens with zero attached hydrogens (tertiary/aromatic N) is 5. The Morgan fingerprint density at radius 3 is 2.70 bits per heavy atom. The molecule has 0 saturated carbocycles. The molecule has 4 rings (SSSR count). The Bertz CT molecular complexity index is 1240. The van der Waals surface area contributed by atoms with Crippen LogP contribution in [-0.2, 0) is 0 Å². The summed E-state index contributed by atoms with van der Waals surface area (Å²) in [5, 5.41) is 22.4. The summed E-state index contributed by atoms with van der Waals surface area (Å²) < 4.78 is 7.05. The van der Waals surface area contributed by atoms with E-state index in [0.717, 1.165) is 16.8 Å². The molecule has 1 aromatic carbocycles. The number of aromatic nitrogens is 4. The molecule has 0 radical (unpaired) electrons. The van der Waals surface area contributed by atoms with Gasteiger partial charge in [0.15, 0.2) is 11.0 Å². The van der Waals surface area contributed by atoms with Crippen molar-refractivity contribution in [3.63, 3.8) is 0 Å². The van der Waals surface area contributed by atoms with E-state index in [1.165, 1.54) is 23.9 Å². The lowest BCUT2D eigenvalue weighted by Crippen LogP contribution is -2.02. The van der Waals surface area contributed by atoms with Crippen LogP contribution >= 0.6 is 23.4 Å². The average Bonchev–Trinajstić information content (AvgIpc) is 3.38. The normalized spacial score (nSPS) is 11.3. The molecule has 0 atom stereocenters. The van der Waals surface area contributed by atoms with Crippen molar-refractivity contribution in [2.45, 2.75) is 12.1 Å². The highest BCUT2D eigenvalue weighted by Gasteiger charge is 2.18. The van der Waals surface area contributed by atoms with Crippen molar-refractivity contribution in [2.75, 3.05) is 0 Å². The van der Waals surface area contributed by atoms with Crippen molar-refractivity contribution in [1.29, 1.82) is 0 Å². The van der Waals surface area contributed by atoms with Gasteiger partial charge in [0, 0.05) is 23.0 Å². The first kappa shape index (κ1) is 19.9. The van der Waals surface area contributed by atoms with E-state index in [9.17, 15) is 10.1 Å². The minimum atomic E-state index is -0.579. The van der Waals surface area contributed by atoms with Crippen LogP contribution in [-0.4, -0.2) is 24.7 Å². The van der Waals surface area contributed by atoms with Gasteiger partial charge in [-0.2, -0.15) is 0 Å². The lowest BCUT2D eigenvalue weighted by Gasteiger charge is -2.13. The van der Waals surface area contributed by atoms with Gasteiger partial charge < -0.3 is 4.42 Å². The number of hydrogen-bond donors (Lipinski definition) is 0. The lowest BCUT2D eigenvalue weighted by atomic mass is 10.2. The van der Waals surface area contributed by atoms with Crippen LogP contribution in [0.2, 0.25) is 5.02 Å². The number of thioether (sulfide) groups is 1. The van der Waals surface area contributed by atoms with E-state index in [1.54, 1.807) is 23.9 Å². The fraction of sp³-hybridized carbons (Fsp3) is 0.0500. The predicted octanol–water partition coefficient (Wildman–Crippen LogP) is 5.56. The summed E-state index contributed by atoms with van der Waals surface area (Å²) in [6.45, 7) is 1.93. The van der Waals surface area contributed by atoms with Crippen LogP contribution < -0.4 is 0 Å². The second kappa shape index (κ2) is 8.52. The first-order valence-electron chi connectivity index (χ1n) is 8.73. The van der Waals surface area contributed by atoms with Crippen LogP contribution in [0, 0.1) is 17.0 Å². The molecule has 0 saturated heterocycles. The molecule has 30 heavy (non-hydrogen) atoms. The van der Waals surface area contributed by atoms with E-state index in [1.807, 2.05) is 41.8 Å². The molecule has 0 bridgehead atoms. The number of rotatable bonds is 6. The molecule has 0 aliphatic rings. The summed E-state index contributed by atoms with van der Waals surface area (Å²) in [6.07, 6.45) is 5.01. The highest BCUT2D eigenvalue weighted by Crippen LogP contribution is 2.32. The minimum Gasteiger partial charge on any atom is -0.401 e. The van der Waals surface area contributed by atoms with E-state index in [2.05, 4.69) is 15.2 Å². The van der Waals surface area contributed by atoms with E-state index < -0.39 is 4.92 Å². The molecule has 0 amide bonds. The Balaban J connectivity index is 1.72. The standard InChI is InChI=1S/C20H14ClN5O3S/c1-13-16(21)3-2-4-17(13)25-19(14-7-10-22-11-8-14)23-24-20(25)30-12-9-15-5-6-18(29-15)26(27)28/h2-12H,1H3/b12-9+. The summed E-state index contributed by atoms with van der Waals surface area (Å²) >= 11 is 7.65. The van der Waals surface area contributed by atoms with Crippen LogP contribution in [0.3, 0.4) is 0 Å². The maximum atomic E-state index is 10.8. The van der Waals surface area contributed by atoms with Crippen molar-refractivity contribution in [3.05, 3.63) is 86.7 Å². The van der Waals surface area contributed by atoms with E-state index in [0.29, 0.717) is 21.8 Å². The molecule has 150 valence electrons. The van der Waals surface area contributed by atoms with Gasteiger partial charge in [0.25, 0.3) is 0 Å². The fourth-order valence-corrected chi connectivity index (χ4v) is 3.65. The van der Waals surface area contributed by atoms with Gasteiger partial charge in [-0.25, -0.2) is 0 Å². The van der Waals surface area contributed by atoms with Crippen LogP contribution in [0.25, 0.3) is 23.2 Å². The predicted molar refractivity (Wildman–Crippen MR) is 115 cm³/mol. The number of furan rings is 1. The van der Waals surface area contributed by atoms with Gasteiger partial charge in [0.2, 0.25) is 0 Å². The number of nitro groups is 1. The van der Waals surface area contributed by atoms with Crippen LogP contribution in [0.5, 0.6) is 0 Å². The van der Waals surface area contributed by atoms with Gasteiger partial charge >= 0.3 is 5.88 Å². The molecule has 3 aromatic heterocycles. The fourth-order valence-electron chi connectivity index (χ4n) is 2.78. The van der Waals surface area contributed by atoms with Gasteiger partial charge in [0.1, 0.15) is 10.7 Å². The SMILES string of the molecule is Cc1c(Cl)cccc1-n1c(S/C=C/c2ccc([N+](=O)[O-])o2)nnc1-c1ccncc1. The molecule has 10 heteroatoms. The van der Waals surface area contributed by atoms with Crippen molar-refractivity contribution in [3.8, 4) is 17.1 Å². The molecule has 4 aromatic rings. The molecule has 8 nitrogen and oxygen atoms in total. The summed E-state index contributed by atoms with van der Waals surface area (Å²) in [7, 11) is 0. The summed E-state index contributed by atoms with van der Waals surface area (Å²) in [5.74, 6) is 0.707. The van der Waals surface area contributed by atoms with Gasteiger partial charge in [-0.1, -0.05) is 29.4 Å². The number of halogens is 1. The summed E-state index contributed by atoms with van der Waals surface area (Å²) in [6, 6.07) is 12.2. The van der Waals surface area contributed by atoms with E-state index in [4.69, 9.17) is 16.0 Å². The number of benzene rings is 1. The van der Waals surface area contributed by atoms with Crippen LogP contribution in [0.1, 0.15) is 11.3 Å². The quantitative estimate of drug-likeness (QED) is 0.220. The first-order chi connectivity index (χ1) is 14.5. The Kier molecular flexibility index (Phi) is 5.64. The Hall–Kier alpha value is -3.43. The zero-order valence-corrected chi connectivity index (χ0v) is 17.2. The molecule has 0 aliphatic carbocycles.